The number of nitrogens with zero attached hydrogens (tertiary/aromatic N) is 4. The molecule has 1 aliphatic heterocycles. The predicted molar refractivity (Wildman–Crippen MR) is 131 cm³/mol. The highest BCUT2D eigenvalue weighted by molar-refractivity contribution is 9.10. The zero-order valence-corrected chi connectivity index (χ0v) is 20.9. The molecule has 0 aromatic carbocycles. The number of nitrogens with two attached hydrogens (primary N) is 1. The van der Waals surface area contributed by atoms with Crippen molar-refractivity contribution in [3.63, 3.8) is 0 Å². The number of carbonyl (C=O) groups excluding carboxylic acids is 1. The molecule has 1 fully saturated rings. The van der Waals surface area contributed by atoms with Crippen molar-refractivity contribution in [2.75, 3.05) is 18.8 Å². The number of anilines is 1. The maximum atomic E-state index is 12.6. The SMILES string of the molecule is CC/C=C\C(=C/S)c1cnn2c(N)c(Br)c(C3CCCN(C(=O)OC(C)(C)C)C3)nc12. The summed E-state index contributed by atoms with van der Waals surface area (Å²) in [5.74, 6) is 0.527. The molecule has 7 nitrogen and oxygen atoms in total. The van der Waals surface area contributed by atoms with Crippen molar-refractivity contribution >= 4 is 51.7 Å². The molecule has 1 unspecified atom stereocenters. The Bertz CT molecular complexity index is 1030. The molecule has 0 spiro atoms. The van der Waals surface area contributed by atoms with Crippen LogP contribution in [0.25, 0.3) is 11.2 Å². The lowest BCUT2D eigenvalue weighted by Gasteiger charge is -2.34. The fourth-order valence-electron chi connectivity index (χ4n) is 3.63. The smallest absolute Gasteiger partial charge is 0.410 e. The number of hydrogen-bond donors (Lipinski definition) is 2. The fraction of sp³-hybridized carbons (Fsp3) is 0.500. The van der Waals surface area contributed by atoms with E-state index < -0.39 is 5.60 Å². The van der Waals surface area contributed by atoms with Crippen LogP contribution in [0.2, 0.25) is 0 Å². The molecular weight excluding hydrogens is 478 g/mol. The molecule has 0 saturated carbocycles. The molecule has 1 amide bonds. The Morgan fingerprint density at radius 2 is 2.19 bits per heavy atom. The monoisotopic (exact) mass is 507 g/mol. The number of hydrogen-bond acceptors (Lipinski definition) is 6. The standard InChI is InChI=1S/C22H30BrN5O2S/c1-5-6-8-15(13-31)16-11-25-28-19(24)17(23)18(26-20(16)28)14-9-7-10-27(12-14)21(29)30-22(2,3)4/h6,8,11,13-14,31H,5,7,9-10,12,24H2,1-4H3/b8-6-,15-13+. The van der Waals surface area contributed by atoms with Gasteiger partial charge < -0.3 is 15.4 Å². The zero-order chi connectivity index (χ0) is 22.8. The molecule has 2 aromatic rings. The first-order valence-corrected chi connectivity index (χ1v) is 11.8. The van der Waals surface area contributed by atoms with Crippen molar-refractivity contribution in [2.24, 2.45) is 0 Å². The number of fused-ring (bicyclic) bond motifs is 1. The van der Waals surface area contributed by atoms with Crippen molar-refractivity contribution in [1.29, 1.82) is 0 Å². The number of ether oxygens (including phenoxy) is 1. The maximum Gasteiger partial charge on any atom is 0.410 e. The van der Waals surface area contributed by atoms with E-state index in [2.05, 4.69) is 46.7 Å². The highest BCUT2D eigenvalue weighted by Gasteiger charge is 2.31. The van der Waals surface area contributed by atoms with Crippen LogP contribution in [0.3, 0.4) is 0 Å². The van der Waals surface area contributed by atoms with Crippen LogP contribution in [-0.2, 0) is 4.74 Å². The summed E-state index contributed by atoms with van der Waals surface area (Å²) in [6.45, 7) is 8.91. The summed E-state index contributed by atoms with van der Waals surface area (Å²) < 4.78 is 7.92. The van der Waals surface area contributed by atoms with Crippen LogP contribution in [0.15, 0.2) is 28.2 Å². The van der Waals surface area contributed by atoms with Gasteiger partial charge >= 0.3 is 6.09 Å². The molecule has 2 aromatic heterocycles. The van der Waals surface area contributed by atoms with E-state index in [1.54, 1.807) is 21.0 Å². The summed E-state index contributed by atoms with van der Waals surface area (Å²) in [5, 5.41) is 6.18. The molecule has 9 heteroatoms. The normalized spacial score (nSPS) is 18.2. The molecule has 0 bridgehead atoms. The van der Waals surface area contributed by atoms with Gasteiger partial charge in [0.2, 0.25) is 0 Å². The van der Waals surface area contributed by atoms with Gasteiger partial charge in [0.1, 0.15) is 11.4 Å². The van der Waals surface area contributed by atoms with Gasteiger partial charge in [0.25, 0.3) is 0 Å². The number of piperidine rings is 1. The van der Waals surface area contributed by atoms with E-state index in [1.165, 1.54) is 0 Å². The van der Waals surface area contributed by atoms with Crippen molar-refractivity contribution in [2.45, 2.75) is 58.5 Å². The predicted octanol–water partition coefficient (Wildman–Crippen LogP) is 5.43. The van der Waals surface area contributed by atoms with Crippen molar-refractivity contribution in [1.82, 2.24) is 19.5 Å². The number of carbonyl (C=O) groups is 1. The Labute approximate surface area is 197 Å². The lowest BCUT2D eigenvalue weighted by atomic mass is 9.94. The van der Waals surface area contributed by atoms with E-state index >= 15 is 0 Å². The first-order valence-electron chi connectivity index (χ1n) is 10.5. The second-order valence-electron chi connectivity index (χ2n) is 8.65. The van der Waals surface area contributed by atoms with Crippen LogP contribution in [0.4, 0.5) is 10.6 Å². The van der Waals surface area contributed by atoms with Gasteiger partial charge in [0.05, 0.1) is 16.4 Å². The second kappa shape index (κ2) is 9.65. The van der Waals surface area contributed by atoms with Crippen LogP contribution in [0, 0.1) is 0 Å². The van der Waals surface area contributed by atoms with Crippen LogP contribution in [0.5, 0.6) is 0 Å². The molecule has 2 N–H and O–H groups in total. The van der Waals surface area contributed by atoms with E-state index in [9.17, 15) is 4.79 Å². The van der Waals surface area contributed by atoms with Crippen molar-refractivity contribution < 1.29 is 9.53 Å². The Hall–Kier alpha value is -2.00. The topological polar surface area (TPSA) is 85.8 Å². The summed E-state index contributed by atoms with van der Waals surface area (Å²) in [6, 6.07) is 0. The van der Waals surface area contributed by atoms with E-state index in [-0.39, 0.29) is 12.0 Å². The number of thiol groups is 1. The Morgan fingerprint density at radius 3 is 2.84 bits per heavy atom. The van der Waals surface area contributed by atoms with Gasteiger partial charge in [-0.05, 0) is 66.9 Å². The van der Waals surface area contributed by atoms with Crippen LogP contribution < -0.4 is 5.73 Å². The van der Waals surface area contributed by atoms with E-state index in [0.29, 0.717) is 29.0 Å². The summed E-state index contributed by atoms with van der Waals surface area (Å²) in [4.78, 5) is 19.3. The van der Waals surface area contributed by atoms with E-state index in [4.69, 9.17) is 15.5 Å². The van der Waals surface area contributed by atoms with Crippen molar-refractivity contribution in [3.05, 3.63) is 39.5 Å². The molecule has 1 aliphatic rings. The quantitative estimate of drug-likeness (QED) is 0.425. The molecule has 0 aliphatic carbocycles. The number of halogens is 1. The minimum atomic E-state index is -0.527. The number of allylic oxidation sites excluding steroid dienone is 3. The molecule has 1 atom stereocenters. The van der Waals surface area contributed by atoms with Crippen LogP contribution in [0.1, 0.15) is 64.1 Å². The van der Waals surface area contributed by atoms with Crippen LogP contribution in [-0.4, -0.2) is 44.3 Å². The fourth-order valence-corrected chi connectivity index (χ4v) is 4.43. The molecule has 0 radical (unpaired) electrons. The highest BCUT2D eigenvalue weighted by atomic mass is 79.9. The molecule has 3 heterocycles. The van der Waals surface area contributed by atoms with Gasteiger partial charge in [-0.25, -0.2) is 9.78 Å². The molecule has 31 heavy (non-hydrogen) atoms. The van der Waals surface area contributed by atoms with E-state index in [0.717, 1.165) is 36.1 Å². The molecule has 168 valence electrons. The number of aromatic nitrogens is 3. The molecular formula is C22H30BrN5O2S. The van der Waals surface area contributed by atoms with Gasteiger partial charge in [-0.15, -0.1) is 0 Å². The summed E-state index contributed by atoms with van der Waals surface area (Å²) >= 11 is 7.99. The first kappa shape index (κ1) is 23.7. The Balaban J connectivity index is 1.98. The second-order valence-corrected chi connectivity index (χ2v) is 9.70. The minimum Gasteiger partial charge on any atom is -0.444 e. The third kappa shape index (κ3) is 5.26. The van der Waals surface area contributed by atoms with Gasteiger partial charge in [0.15, 0.2) is 5.65 Å². The van der Waals surface area contributed by atoms with Gasteiger partial charge in [-0.1, -0.05) is 19.1 Å². The lowest BCUT2D eigenvalue weighted by Crippen LogP contribution is -2.42. The van der Waals surface area contributed by atoms with Gasteiger partial charge in [-0.3, -0.25) is 0 Å². The molecule has 1 saturated heterocycles. The third-order valence-electron chi connectivity index (χ3n) is 5.09. The summed E-state index contributed by atoms with van der Waals surface area (Å²) in [5.41, 5.74) is 9.16. The lowest BCUT2D eigenvalue weighted by molar-refractivity contribution is 0.0197. The highest BCUT2D eigenvalue weighted by Crippen LogP contribution is 2.36. The van der Waals surface area contributed by atoms with E-state index in [1.807, 2.05) is 26.8 Å². The number of likely N-dealkylation sites (tertiary alicyclic amines) is 1. The Kier molecular flexibility index (Phi) is 7.36. The van der Waals surface area contributed by atoms with Gasteiger partial charge in [-0.2, -0.15) is 22.2 Å². The largest absolute Gasteiger partial charge is 0.444 e. The number of amides is 1. The third-order valence-corrected chi connectivity index (χ3v) is 6.18. The van der Waals surface area contributed by atoms with Crippen LogP contribution >= 0.6 is 28.6 Å². The average molecular weight is 508 g/mol. The first-order chi connectivity index (χ1) is 14.7. The molecule has 3 rings (SSSR count). The Morgan fingerprint density at radius 1 is 1.45 bits per heavy atom. The summed E-state index contributed by atoms with van der Waals surface area (Å²) in [6.07, 6.45) is 8.23. The van der Waals surface area contributed by atoms with Crippen molar-refractivity contribution in [3.8, 4) is 0 Å². The zero-order valence-electron chi connectivity index (χ0n) is 18.4. The number of nitrogen functional groups attached to an aromatic ring is 1. The number of rotatable bonds is 4. The maximum absolute atomic E-state index is 12.6. The average Bonchev–Trinajstić information content (AvgIpc) is 3.14. The van der Waals surface area contributed by atoms with Gasteiger partial charge in [0, 0.05) is 24.6 Å². The summed E-state index contributed by atoms with van der Waals surface area (Å²) in [7, 11) is 0. The minimum absolute atomic E-state index is 0.0420.